The predicted molar refractivity (Wildman–Crippen MR) is 89.3 cm³/mol. The van der Waals surface area contributed by atoms with Crippen molar-refractivity contribution in [1.29, 1.82) is 0 Å². The van der Waals surface area contributed by atoms with Crippen LogP contribution in [0.2, 0.25) is 0 Å². The second kappa shape index (κ2) is 6.66. The van der Waals surface area contributed by atoms with Crippen LogP contribution in [0.15, 0.2) is 60.8 Å². The molecule has 106 valence electrons. The highest BCUT2D eigenvalue weighted by atomic mass is 32.1. The van der Waals surface area contributed by atoms with Gasteiger partial charge in [0.2, 0.25) is 0 Å². The lowest BCUT2D eigenvalue weighted by Crippen LogP contribution is -2.12. The normalized spacial score (nSPS) is 10.7. The summed E-state index contributed by atoms with van der Waals surface area (Å²) in [6.45, 7) is 3.79. The van der Waals surface area contributed by atoms with Crippen LogP contribution in [0.1, 0.15) is 15.4 Å². The smallest absolute Gasteiger partial charge is 0.107 e. The van der Waals surface area contributed by atoms with Gasteiger partial charge in [-0.25, -0.2) is 4.98 Å². The van der Waals surface area contributed by atoms with Crippen molar-refractivity contribution in [3.05, 3.63) is 76.2 Å². The molecule has 3 heteroatoms. The molecule has 1 aromatic heterocycles. The van der Waals surface area contributed by atoms with E-state index in [9.17, 15) is 0 Å². The number of nitrogens with zero attached hydrogens (tertiary/aromatic N) is 1. The summed E-state index contributed by atoms with van der Waals surface area (Å²) in [4.78, 5) is 5.62. The molecule has 0 aliphatic carbocycles. The molecule has 2 aromatic carbocycles. The lowest BCUT2D eigenvalue weighted by atomic mass is 10.0. The predicted octanol–water partition coefficient (Wildman–Crippen LogP) is 4.41. The molecular formula is C18H18N2S. The Morgan fingerprint density at radius 2 is 1.62 bits per heavy atom. The topological polar surface area (TPSA) is 24.9 Å². The van der Waals surface area contributed by atoms with Gasteiger partial charge in [-0.05, 0) is 23.6 Å². The summed E-state index contributed by atoms with van der Waals surface area (Å²) in [5.41, 5.74) is 3.81. The molecule has 3 rings (SSSR count). The minimum absolute atomic E-state index is 0.832. The number of aryl methyl sites for hydroxylation is 1. The van der Waals surface area contributed by atoms with Gasteiger partial charge in [-0.3, -0.25) is 0 Å². The lowest BCUT2D eigenvalue weighted by molar-refractivity contribution is 0.690. The zero-order valence-corrected chi connectivity index (χ0v) is 12.9. The molecule has 0 aliphatic heterocycles. The Hall–Kier alpha value is -1.97. The van der Waals surface area contributed by atoms with Crippen LogP contribution in [0.3, 0.4) is 0 Å². The van der Waals surface area contributed by atoms with E-state index in [1.807, 2.05) is 12.3 Å². The third-order valence-corrected chi connectivity index (χ3v) is 4.25. The Kier molecular flexibility index (Phi) is 4.43. The molecule has 0 fully saturated rings. The maximum absolute atomic E-state index is 4.36. The van der Waals surface area contributed by atoms with Gasteiger partial charge in [0.1, 0.15) is 5.01 Å². The first-order chi connectivity index (χ1) is 10.3. The van der Waals surface area contributed by atoms with Crippen molar-refractivity contribution in [3.63, 3.8) is 0 Å². The minimum Gasteiger partial charge on any atom is -0.306 e. The van der Waals surface area contributed by atoms with Crippen LogP contribution >= 0.6 is 11.3 Å². The van der Waals surface area contributed by atoms with E-state index in [2.05, 4.69) is 65.8 Å². The van der Waals surface area contributed by atoms with E-state index in [1.54, 1.807) is 11.3 Å². The standard InChI is InChI=1S/C18H18N2S/c1-14-11-20-18(21-14)13-19-12-15-7-9-17(10-8-15)16-5-3-2-4-6-16/h2-11,19H,12-13H2,1H3. The molecule has 2 nitrogen and oxygen atoms in total. The molecule has 0 atom stereocenters. The summed E-state index contributed by atoms with van der Waals surface area (Å²) in [5, 5.41) is 4.59. The highest BCUT2D eigenvalue weighted by Crippen LogP contribution is 2.19. The van der Waals surface area contributed by atoms with Crippen molar-refractivity contribution < 1.29 is 0 Å². The molecule has 0 spiro atoms. The summed E-state index contributed by atoms with van der Waals surface area (Å²) in [6, 6.07) is 19.2. The number of benzene rings is 2. The zero-order valence-electron chi connectivity index (χ0n) is 12.0. The maximum atomic E-state index is 4.36. The number of hydrogen-bond acceptors (Lipinski definition) is 3. The van der Waals surface area contributed by atoms with E-state index in [0.717, 1.165) is 18.1 Å². The molecule has 0 unspecified atom stereocenters. The van der Waals surface area contributed by atoms with E-state index in [-0.39, 0.29) is 0 Å². The van der Waals surface area contributed by atoms with Crippen LogP contribution < -0.4 is 5.32 Å². The van der Waals surface area contributed by atoms with Crippen molar-refractivity contribution in [2.45, 2.75) is 20.0 Å². The summed E-state index contributed by atoms with van der Waals surface area (Å²) in [7, 11) is 0. The maximum Gasteiger partial charge on any atom is 0.107 e. The van der Waals surface area contributed by atoms with Gasteiger partial charge in [0, 0.05) is 24.2 Å². The molecule has 0 saturated heterocycles. The first kappa shape index (κ1) is 14.0. The first-order valence-electron chi connectivity index (χ1n) is 7.07. The van der Waals surface area contributed by atoms with Crippen LogP contribution in [0.4, 0.5) is 0 Å². The van der Waals surface area contributed by atoms with Gasteiger partial charge in [0.05, 0.1) is 0 Å². The highest BCUT2D eigenvalue weighted by Gasteiger charge is 2.00. The quantitative estimate of drug-likeness (QED) is 0.754. The SMILES string of the molecule is Cc1cnc(CNCc2ccc(-c3ccccc3)cc2)s1. The van der Waals surface area contributed by atoms with Crippen LogP contribution in [-0.4, -0.2) is 4.98 Å². The van der Waals surface area contributed by atoms with Crippen molar-refractivity contribution in [3.8, 4) is 11.1 Å². The fourth-order valence-corrected chi connectivity index (χ4v) is 3.00. The van der Waals surface area contributed by atoms with Crippen molar-refractivity contribution in [2.75, 3.05) is 0 Å². The monoisotopic (exact) mass is 294 g/mol. The number of aromatic nitrogens is 1. The third-order valence-electron chi connectivity index (χ3n) is 3.34. The fraction of sp³-hybridized carbons (Fsp3) is 0.167. The molecule has 0 radical (unpaired) electrons. The summed E-state index contributed by atoms with van der Waals surface area (Å²) >= 11 is 1.75. The molecule has 3 aromatic rings. The number of thiazole rings is 1. The summed E-state index contributed by atoms with van der Waals surface area (Å²) in [5.74, 6) is 0. The van der Waals surface area contributed by atoms with E-state index < -0.39 is 0 Å². The molecule has 21 heavy (non-hydrogen) atoms. The molecular weight excluding hydrogens is 276 g/mol. The van der Waals surface area contributed by atoms with Gasteiger partial charge in [0.15, 0.2) is 0 Å². The molecule has 0 saturated carbocycles. The molecule has 1 N–H and O–H groups in total. The van der Waals surface area contributed by atoms with Crippen molar-refractivity contribution in [2.24, 2.45) is 0 Å². The molecule has 1 heterocycles. The molecule has 0 aliphatic rings. The Bertz CT molecular complexity index is 687. The average Bonchev–Trinajstić information content (AvgIpc) is 2.94. The highest BCUT2D eigenvalue weighted by molar-refractivity contribution is 7.11. The van der Waals surface area contributed by atoms with E-state index in [4.69, 9.17) is 0 Å². The van der Waals surface area contributed by atoms with Gasteiger partial charge in [-0.2, -0.15) is 0 Å². The average molecular weight is 294 g/mol. The van der Waals surface area contributed by atoms with Crippen molar-refractivity contribution >= 4 is 11.3 Å². The van der Waals surface area contributed by atoms with Crippen LogP contribution in [-0.2, 0) is 13.1 Å². The lowest BCUT2D eigenvalue weighted by Gasteiger charge is -2.05. The van der Waals surface area contributed by atoms with Gasteiger partial charge < -0.3 is 5.32 Å². The van der Waals surface area contributed by atoms with Crippen LogP contribution in [0.5, 0.6) is 0 Å². The van der Waals surface area contributed by atoms with Gasteiger partial charge in [-0.1, -0.05) is 54.6 Å². The number of hydrogen-bond donors (Lipinski definition) is 1. The number of rotatable bonds is 5. The zero-order chi connectivity index (χ0) is 14.5. The van der Waals surface area contributed by atoms with Crippen molar-refractivity contribution in [1.82, 2.24) is 10.3 Å². The van der Waals surface area contributed by atoms with Crippen LogP contribution in [0, 0.1) is 6.92 Å². The second-order valence-electron chi connectivity index (χ2n) is 5.03. The fourth-order valence-electron chi connectivity index (χ4n) is 2.24. The van der Waals surface area contributed by atoms with Crippen LogP contribution in [0.25, 0.3) is 11.1 Å². The Morgan fingerprint density at radius 1 is 0.905 bits per heavy atom. The van der Waals surface area contributed by atoms with Gasteiger partial charge in [-0.15, -0.1) is 11.3 Å². The molecule has 0 amide bonds. The summed E-state index contributed by atoms with van der Waals surface area (Å²) < 4.78 is 0. The summed E-state index contributed by atoms with van der Waals surface area (Å²) in [6.07, 6.45) is 1.93. The molecule has 0 bridgehead atoms. The Labute approximate surface area is 129 Å². The van der Waals surface area contributed by atoms with Gasteiger partial charge >= 0.3 is 0 Å². The Morgan fingerprint density at radius 3 is 2.29 bits per heavy atom. The minimum atomic E-state index is 0.832. The third kappa shape index (κ3) is 3.78. The Balaban J connectivity index is 1.57. The van der Waals surface area contributed by atoms with Gasteiger partial charge in [0.25, 0.3) is 0 Å². The van der Waals surface area contributed by atoms with E-state index >= 15 is 0 Å². The largest absolute Gasteiger partial charge is 0.306 e. The second-order valence-corrected chi connectivity index (χ2v) is 6.35. The number of nitrogens with one attached hydrogen (secondary N) is 1. The van der Waals surface area contributed by atoms with E-state index in [0.29, 0.717) is 0 Å². The first-order valence-corrected chi connectivity index (χ1v) is 7.89. The van der Waals surface area contributed by atoms with E-state index in [1.165, 1.54) is 21.6 Å².